The molecule has 2 heterocycles. The molecule has 1 N–H and O–H groups in total. The Bertz CT molecular complexity index is 985. The molecule has 0 aliphatic carbocycles. The number of rotatable bonds is 5. The number of carboxylic acids is 1. The van der Waals surface area contributed by atoms with Gasteiger partial charge < -0.3 is 14.7 Å². The number of hydrogen-bond acceptors (Lipinski definition) is 4. The molecule has 5 nitrogen and oxygen atoms in total. The fourth-order valence-electron chi connectivity index (χ4n) is 2.83. The summed E-state index contributed by atoms with van der Waals surface area (Å²) in [6, 6.07) is 8.19. The second-order valence-electron chi connectivity index (χ2n) is 6.40. The van der Waals surface area contributed by atoms with Gasteiger partial charge in [0, 0.05) is 23.3 Å². The first-order valence-electron chi connectivity index (χ1n) is 8.47. The van der Waals surface area contributed by atoms with Gasteiger partial charge in [0.2, 0.25) is 5.88 Å². The SMILES string of the molecule is CC1=C(C(=O)O)C=CN(c2cnc(OCC(F)(F)F)c(-c3ccc(Cl)cc3)c2)C1. The molecule has 0 fully saturated rings. The van der Waals surface area contributed by atoms with Gasteiger partial charge in [-0.1, -0.05) is 23.7 Å². The van der Waals surface area contributed by atoms with Gasteiger partial charge in [-0.2, -0.15) is 13.2 Å². The molecule has 0 saturated carbocycles. The lowest BCUT2D eigenvalue weighted by Gasteiger charge is -2.25. The molecule has 0 bridgehead atoms. The zero-order valence-electron chi connectivity index (χ0n) is 15.2. The molecular formula is C20H16ClF3N2O3. The molecule has 1 aromatic carbocycles. The number of benzene rings is 1. The maximum atomic E-state index is 12.6. The topological polar surface area (TPSA) is 62.7 Å². The number of aliphatic carboxylic acids is 1. The molecule has 0 spiro atoms. The largest absolute Gasteiger partial charge is 0.478 e. The van der Waals surface area contributed by atoms with Gasteiger partial charge in [0.15, 0.2) is 6.61 Å². The van der Waals surface area contributed by atoms with Crippen LogP contribution < -0.4 is 9.64 Å². The fourth-order valence-corrected chi connectivity index (χ4v) is 2.96. The number of anilines is 1. The average molecular weight is 425 g/mol. The summed E-state index contributed by atoms with van der Waals surface area (Å²) in [5, 5.41) is 9.67. The number of alkyl halides is 3. The van der Waals surface area contributed by atoms with Crippen molar-refractivity contribution in [1.29, 1.82) is 0 Å². The number of carbonyl (C=O) groups is 1. The third-order valence-corrected chi connectivity index (χ3v) is 4.47. The Morgan fingerprint density at radius 1 is 1.31 bits per heavy atom. The smallest absolute Gasteiger partial charge is 0.422 e. The maximum absolute atomic E-state index is 12.6. The second-order valence-corrected chi connectivity index (χ2v) is 6.84. The summed E-state index contributed by atoms with van der Waals surface area (Å²) in [4.78, 5) is 17.0. The first kappa shape index (κ1) is 20.7. The van der Waals surface area contributed by atoms with Crippen LogP contribution in [0.3, 0.4) is 0 Å². The Hall–Kier alpha value is -3.00. The highest BCUT2D eigenvalue weighted by molar-refractivity contribution is 6.30. The fraction of sp³-hybridized carbons (Fsp3) is 0.200. The molecule has 1 aliphatic heterocycles. The number of hydrogen-bond donors (Lipinski definition) is 1. The number of halogens is 4. The predicted molar refractivity (Wildman–Crippen MR) is 103 cm³/mol. The van der Waals surface area contributed by atoms with E-state index in [0.717, 1.165) is 0 Å². The van der Waals surface area contributed by atoms with E-state index in [-0.39, 0.29) is 11.5 Å². The van der Waals surface area contributed by atoms with Crippen LogP contribution in [0.2, 0.25) is 5.02 Å². The molecule has 9 heteroatoms. The van der Waals surface area contributed by atoms with Crippen LogP contribution in [0, 0.1) is 0 Å². The lowest BCUT2D eigenvalue weighted by molar-refractivity contribution is -0.154. The van der Waals surface area contributed by atoms with Gasteiger partial charge in [-0.25, -0.2) is 9.78 Å². The lowest BCUT2D eigenvalue weighted by Crippen LogP contribution is -2.24. The zero-order chi connectivity index (χ0) is 21.2. The monoisotopic (exact) mass is 424 g/mol. The zero-order valence-corrected chi connectivity index (χ0v) is 16.0. The van der Waals surface area contributed by atoms with Gasteiger partial charge in [-0.3, -0.25) is 0 Å². The molecule has 0 amide bonds. The third kappa shape index (κ3) is 5.08. The van der Waals surface area contributed by atoms with Crippen molar-refractivity contribution in [3.8, 4) is 17.0 Å². The third-order valence-electron chi connectivity index (χ3n) is 4.21. The molecule has 0 radical (unpaired) electrons. The minimum atomic E-state index is -4.50. The summed E-state index contributed by atoms with van der Waals surface area (Å²) >= 11 is 5.90. The van der Waals surface area contributed by atoms with Crippen LogP contribution in [-0.2, 0) is 4.79 Å². The number of ether oxygens (including phenoxy) is 1. The van der Waals surface area contributed by atoms with Gasteiger partial charge in [0.25, 0.3) is 0 Å². The Morgan fingerprint density at radius 3 is 2.59 bits per heavy atom. The highest BCUT2D eigenvalue weighted by atomic mass is 35.5. The van der Waals surface area contributed by atoms with Crippen LogP contribution in [0.15, 0.2) is 60.0 Å². The maximum Gasteiger partial charge on any atom is 0.422 e. The molecule has 1 aromatic heterocycles. The summed E-state index contributed by atoms with van der Waals surface area (Å²) in [7, 11) is 0. The molecule has 0 saturated heterocycles. The van der Waals surface area contributed by atoms with Crippen LogP contribution >= 0.6 is 11.6 Å². The Morgan fingerprint density at radius 2 is 2.00 bits per heavy atom. The van der Waals surface area contributed by atoms with Crippen molar-refractivity contribution < 1.29 is 27.8 Å². The van der Waals surface area contributed by atoms with Crippen molar-refractivity contribution in [1.82, 2.24) is 4.98 Å². The van der Waals surface area contributed by atoms with E-state index in [1.807, 2.05) is 0 Å². The minimum Gasteiger partial charge on any atom is -0.478 e. The summed E-state index contributed by atoms with van der Waals surface area (Å²) in [5.74, 6) is -1.18. The van der Waals surface area contributed by atoms with E-state index in [9.17, 15) is 23.1 Å². The van der Waals surface area contributed by atoms with E-state index in [1.165, 1.54) is 12.3 Å². The first-order valence-corrected chi connectivity index (χ1v) is 8.85. The van der Waals surface area contributed by atoms with Crippen molar-refractivity contribution in [2.24, 2.45) is 0 Å². The number of nitrogens with zero attached hydrogens (tertiary/aromatic N) is 2. The highest BCUT2D eigenvalue weighted by Crippen LogP contribution is 2.34. The summed E-state index contributed by atoms with van der Waals surface area (Å²) in [5.41, 5.74) is 2.37. The van der Waals surface area contributed by atoms with Crippen LogP contribution in [0.4, 0.5) is 18.9 Å². The molecule has 29 heavy (non-hydrogen) atoms. The van der Waals surface area contributed by atoms with E-state index >= 15 is 0 Å². The molecule has 2 aromatic rings. The summed E-state index contributed by atoms with van der Waals surface area (Å²) in [6.45, 7) is 0.546. The standard InChI is InChI=1S/C20H16ClF3N2O3/c1-12-10-26(7-6-16(12)19(27)28)15-8-17(13-2-4-14(21)5-3-13)18(25-9-15)29-11-20(22,23)24/h2-9H,10-11H2,1H3,(H,27,28). The number of carboxylic acid groups (broad SMARTS) is 1. The van der Waals surface area contributed by atoms with Crippen molar-refractivity contribution >= 4 is 23.3 Å². The summed E-state index contributed by atoms with van der Waals surface area (Å²) < 4.78 is 42.7. The van der Waals surface area contributed by atoms with Crippen molar-refractivity contribution in [2.45, 2.75) is 13.1 Å². The Balaban J connectivity index is 1.97. The lowest BCUT2D eigenvalue weighted by atomic mass is 10.0. The van der Waals surface area contributed by atoms with Crippen LogP contribution in [-0.4, -0.2) is 35.4 Å². The average Bonchev–Trinajstić information content (AvgIpc) is 2.66. The Labute approximate surface area is 169 Å². The number of pyridine rings is 1. The van der Waals surface area contributed by atoms with Crippen LogP contribution in [0.25, 0.3) is 11.1 Å². The van der Waals surface area contributed by atoms with E-state index in [1.54, 1.807) is 48.4 Å². The van der Waals surface area contributed by atoms with Crippen molar-refractivity contribution in [3.05, 3.63) is 65.0 Å². The Kier molecular flexibility index (Phi) is 5.83. The van der Waals surface area contributed by atoms with E-state index in [2.05, 4.69) is 4.98 Å². The quantitative estimate of drug-likeness (QED) is 0.725. The molecule has 152 valence electrons. The van der Waals surface area contributed by atoms with Gasteiger partial charge in [0.05, 0.1) is 17.5 Å². The molecular weight excluding hydrogens is 409 g/mol. The van der Waals surface area contributed by atoms with Crippen LogP contribution in [0.5, 0.6) is 5.88 Å². The van der Waals surface area contributed by atoms with Crippen molar-refractivity contribution in [3.63, 3.8) is 0 Å². The first-order chi connectivity index (χ1) is 13.6. The van der Waals surface area contributed by atoms with Gasteiger partial charge in [0.1, 0.15) is 0 Å². The predicted octanol–water partition coefficient (Wildman–Crippen LogP) is 5.08. The van der Waals surface area contributed by atoms with Gasteiger partial charge in [-0.15, -0.1) is 0 Å². The van der Waals surface area contributed by atoms with E-state index in [0.29, 0.717) is 34.0 Å². The number of aromatic nitrogens is 1. The molecule has 1 aliphatic rings. The normalized spacial score (nSPS) is 14.3. The van der Waals surface area contributed by atoms with Crippen LogP contribution in [0.1, 0.15) is 6.92 Å². The van der Waals surface area contributed by atoms with Gasteiger partial charge >= 0.3 is 12.1 Å². The highest BCUT2D eigenvalue weighted by Gasteiger charge is 2.29. The van der Waals surface area contributed by atoms with E-state index < -0.39 is 18.8 Å². The molecule has 0 atom stereocenters. The second kappa shape index (κ2) is 8.16. The van der Waals surface area contributed by atoms with E-state index in [4.69, 9.17) is 16.3 Å². The molecule has 3 rings (SSSR count). The molecule has 0 unspecified atom stereocenters. The van der Waals surface area contributed by atoms with Crippen molar-refractivity contribution in [2.75, 3.05) is 18.1 Å². The summed E-state index contributed by atoms with van der Waals surface area (Å²) in [6.07, 6.45) is -0.0522. The minimum absolute atomic E-state index is 0.159. The van der Waals surface area contributed by atoms with Gasteiger partial charge in [-0.05, 0) is 42.3 Å².